The molecule has 1 amide bonds. The van der Waals surface area contributed by atoms with Crippen LogP contribution < -0.4 is 5.32 Å². The lowest BCUT2D eigenvalue weighted by molar-refractivity contribution is -0.123. The predicted octanol–water partition coefficient (Wildman–Crippen LogP) is 3.27. The maximum atomic E-state index is 12.9. The molecule has 1 aromatic rings. The summed E-state index contributed by atoms with van der Waals surface area (Å²) >= 11 is 0. The van der Waals surface area contributed by atoms with Crippen LogP contribution in [0.25, 0.3) is 15.4 Å². The fraction of sp³-hybridized carbons (Fsp3) is 0.500. The minimum Gasteiger partial charge on any atom is -0.325 e. The van der Waals surface area contributed by atoms with Gasteiger partial charge < -0.3 is 5.32 Å². The summed E-state index contributed by atoms with van der Waals surface area (Å²) in [5, 5.41) is 8.30. The number of azide groups is 1. The van der Waals surface area contributed by atoms with Crippen LogP contribution in [-0.2, 0) is 10.2 Å². The van der Waals surface area contributed by atoms with E-state index < -0.39 is 5.41 Å². The number of carbonyl (C=O) groups excluding carboxylic acids is 1. The summed E-state index contributed by atoms with van der Waals surface area (Å²) < 4.78 is 0. The number of rotatable bonds is 4. The molecule has 2 aliphatic heterocycles. The summed E-state index contributed by atoms with van der Waals surface area (Å²) in [4.78, 5) is 19.4. The first kappa shape index (κ1) is 15.2. The SMILES string of the molecule is [C-]#[N+]N1CCCC[C@H]1[C@@]1(CCN=[N+]=[N-])C(=O)Nc2ccccc21. The van der Waals surface area contributed by atoms with Crippen molar-refractivity contribution in [3.05, 3.63) is 51.8 Å². The molecule has 2 atom stereocenters. The zero-order valence-corrected chi connectivity index (χ0v) is 12.8. The molecular formula is C16H18N6O. The van der Waals surface area contributed by atoms with Gasteiger partial charge in [0, 0.05) is 17.1 Å². The van der Waals surface area contributed by atoms with E-state index in [9.17, 15) is 4.79 Å². The number of hydrogen-bond donors (Lipinski definition) is 1. The normalized spacial score (nSPS) is 26.0. The molecule has 0 unspecified atom stereocenters. The van der Waals surface area contributed by atoms with E-state index in [4.69, 9.17) is 12.1 Å². The average Bonchev–Trinajstić information content (AvgIpc) is 2.88. The third kappa shape index (κ3) is 2.37. The first-order chi connectivity index (χ1) is 11.2. The van der Waals surface area contributed by atoms with E-state index in [0.717, 1.165) is 30.5 Å². The summed E-state index contributed by atoms with van der Waals surface area (Å²) in [5.74, 6) is -0.0904. The number of hydrogen-bond acceptors (Lipinski definition) is 3. The van der Waals surface area contributed by atoms with Gasteiger partial charge in [-0.15, -0.1) is 5.01 Å². The largest absolute Gasteiger partial charge is 0.325 e. The molecule has 2 aliphatic rings. The first-order valence-corrected chi connectivity index (χ1v) is 7.80. The first-order valence-electron chi connectivity index (χ1n) is 7.80. The highest BCUT2D eigenvalue weighted by Gasteiger charge is 2.55. The zero-order valence-electron chi connectivity index (χ0n) is 12.8. The molecule has 0 radical (unpaired) electrons. The fourth-order valence-electron chi connectivity index (χ4n) is 3.89. The molecular weight excluding hydrogens is 292 g/mol. The number of anilines is 1. The van der Waals surface area contributed by atoms with Crippen molar-refractivity contribution in [2.45, 2.75) is 37.1 Å². The van der Waals surface area contributed by atoms with Gasteiger partial charge in [0.05, 0.1) is 6.54 Å². The molecule has 1 saturated heterocycles. The molecule has 23 heavy (non-hydrogen) atoms. The fourth-order valence-corrected chi connectivity index (χ4v) is 3.89. The summed E-state index contributed by atoms with van der Waals surface area (Å²) in [6, 6.07) is 7.43. The van der Waals surface area contributed by atoms with Gasteiger partial charge in [-0.05, 0) is 42.8 Å². The minimum atomic E-state index is -0.824. The minimum absolute atomic E-state index is 0.0904. The van der Waals surface area contributed by atoms with Crippen molar-refractivity contribution in [1.82, 2.24) is 5.01 Å². The summed E-state index contributed by atoms with van der Waals surface area (Å²) in [7, 11) is 0. The third-order valence-electron chi connectivity index (χ3n) is 4.90. The Morgan fingerprint density at radius 2 is 2.26 bits per heavy atom. The van der Waals surface area contributed by atoms with Crippen LogP contribution in [0.5, 0.6) is 0 Å². The Labute approximate surface area is 134 Å². The van der Waals surface area contributed by atoms with Crippen LogP contribution in [0.15, 0.2) is 29.4 Å². The number of amides is 1. The van der Waals surface area contributed by atoms with Gasteiger partial charge in [0.15, 0.2) is 0 Å². The van der Waals surface area contributed by atoms with Gasteiger partial charge >= 0.3 is 0 Å². The van der Waals surface area contributed by atoms with Crippen molar-refractivity contribution in [1.29, 1.82) is 0 Å². The van der Waals surface area contributed by atoms with E-state index in [1.807, 2.05) is 24.3 Å². The van der Waals surface area contributed by atoms with Crippen LogP contribution in [0.2, 0.25) is 0 Å². The van der Waals surface area contributed by atoms with Crippen molar-refractivity contribution < 1.29 is 4.79 Å². The summed E-state index contributed by atoms with van der Waals surface area (Å²) in [6.45, 7) is 8.39. The molecule has 7 nitrogen and oxygen atoms in total. The number of para-hydroxylation sites is 1. The number of nitrogens with one attached hydrogen (secondary N) is 1. The number of nitrogens with zero attached hydrogens (tertiary/aromatic N) is 5. The van der Waals surface area contributed by atoms with Gasteiger partial charge in [0.2, 0.25) is 5.91 Å². The number of piperidine rings is 1. The lowest BCUT2D eigenvalue weighted by Gasteiger charge is -2.39. The predicted molar refractivity (Wildman–Crippen MR) is 86.3 cm³/mol. The lowest BCUT2D eigenvalue weighted by Crippen LogP contribution is -2.54. The number of carbonyl (C=O) groups is 1. The van der Waals surface area contributed by atoms with Crippen LogP contribution in [-0.4, -0.2) is 30.0 Å². The molecule has 0 saturated carbocycles. The van der Waals surface area contributed by atoms with Gasteiger partial charge in [-0.1, -0.05) is 23.3 Å². The maximum Gasteiger partial charge on any atom is 0.237 e. The van der Waals surface area contributed by atoms with Crippen LogP contribution in [0.1, 0.15) is 31.2 Å². The summed E-state index contributed by atoms with van der Waals surface area (Å²) in [5.41, 5.74) is 9.48. The van der Waals surface area contributed by atoms with Crippen LogP contribution in [0.4, 0.5) is 5.69 Å². The van der Waals surface area contributed by atoms with E-state index in [1.165, 1.54) is 0 Å². The maximum absolute atomic E-state index is 12.9. The standard InChI is InChI=1S/C16H18N6O/c1-18-22-11-5-4-8-14(22)16(9-10-19-21-17)12-6-2-3-7-13(12)20-15(16)23/h2-3,6-7,14H,4-5,8-11H2,(H,20,23)/t14-,16-/m0/s1. The van der Waals surface area contributed by atoms with Crippen molar-refractivity contribution >= 4 is 11.6 Å². The Hall–Kier alpha value is -2.71. The number of fused-ring (bicyclic) bond motifs is 1. The molecule has 1 aromatic carbocycles. The van der Waals surface area contributed by atoms with Crippen LogP contribution in [0, 0.1) is 6.57 Å². The van der Waals surface area contributed by atoms with E-state index in [1.54, 1.807) is 5.01 Å². The molecule has 3 rings (SSSR count). The second-order valence-corrected chi connectivity index (χ2v) is 5.95. The molecule has 0 bridgehead atoms. The van der Waals surface area contributed by atoms with Gasteiger partial charge in [0.1, 0.15) is 11.5 Å². The van der Waals surface area contributed by atoms with Crippen molar-refractivity contribution in [3.63, 3.8) is 0 Å². The van der Waals surface area contributed by atoms with Crippen LogP contribution >= 0.6 is 0 Å². The highest BCUT2D eigenvalue weighted by molar-refractivity contribution is 6.07. The Kier molecular flexibility index (Phi) is 4.09. The summed E-state index contributed by atoms with van der Waals surface area (Å²) in [6.07, 6.45) is 3.17. The van der Waals surface area contributed by atoms with Gasteiger partial charge in [-0.2, -0.15) is 11.5 Å². The lowest BCUT2D eigenvalue weighted by atomic mass is 9.69. The van der Waals surface area contributed by atoms with Crippen LogP contribution in [0.3, 0.4) is 0 Å². The molecule has 1 N–H and O–H groups in total. The van der Waals surface area contributed by atoms with E-state index in [0.29, 0.717) is 13.0 Å². The molecule has 0 spiro atoms. The average molecular weight is 310 g/mol. The Morgan fingerprint density at radius 3 is 3.04 bits per heavy atom. The second kappa shape index (κ2) is 6.19. The quantitative estimate of drug-likeness (QED) is 0.400. The van der Waals surface area contributed by atoms with E-state index in [2.05, 4.69) is 20.3 Å². The van der Waals surface area contributed by atoms with Crippen molar-refractivity contribution in [2.75, 3.05) is 18.4 Å². The topological polar surface area (TPSA) is 85.5 Å². The van der Waals surface area contributed by atoms with Gasteiger partial charge in [-0.3, -0.25) is 4.79 Å². The Morgan fingerprint density at radius 1 is 1.43 bits per heavy atom. The van der Waals surface area contributed by atoms with Crippen molar-refractivity contribution in [3.8, 4) is 0 Å². The molecule has 0 aliphatic carbocycles. The second-order valence-electron chi connectivity index (χ2n) is 5.95. The molecule has 7 heteroatoms. The molecule has 2 heterocycles. The highest BCUT2D eigenvalue weighted by Crippen LogP contribution is 2.47. The van der Waals surface area contributed by atoms with Crippen molar-refractivity contribution in [2.24, 2.45) is 5.11 Å². The zero-order chi connectivity index (χ0) is 16.3. The third-order valence-corrected chi connectivity index (χ3v) is 4.90. The van der Waals surface area contributed by atoms with Gasteiger partial charge in [0.25, 0.3) is 0 Å². The molecule has 0 aromatic heterocycles. The monoisotopic (exact) mass is 310 g/mol. The smallest absolute Gasteiger partial charge is 0.237 e. The number of benzene rings is 1. The van der Waals surface area contributed by atoms with Gasteiger partial charge in [-0.25, -0.2) is 0 Å². The van der Waals surface area contributed by atoms with E-state index >= 15 is 0 Å². The highest BCUT2D eigenvalue weighted by atomic mass is 16.2. The van der Waals surface area contributed by atoms with E-state index in [-0.39, 0.29) is 18.5 Å². The molecule has 1 fully saturated rings. The Balaban J connectivity index is 2.09. The Bertz CT molecular complexity index is 705. The molecule has 118 valence electrons.